The molecule has 0 spiro atoms. The quantitative estimate of drug-likeness (QED) is 0.288. The molecule has 0 aromatic carbocycles. The summed E-state index contributed by atoms with van der Waals surface area (Å²) in [4.78, 5) is 24.0. The number of aryl methyl sites for hydroxylation is 1. The Hall–Kier alpha value is -1.76. The zero-order valence-corrected chi connectivity index (χ0v) is 21.0. The Balaban J connectivity index is 2.39. The van der Waals surface area contributed by atoms with E-state index in [1.807, 2.05) is 20.8 Å². The summed E-state index contributed by atoms with van der Waals surface area (Å²) < 4.78 is 8.84. The Morgan fingerprint density at radius 3 is 1.94 bits per heavy atom. The van der Waals surface area contributed by atoms with Crippen molar-refractivity contribution in [3.05, 3.63) is 16.7 Å². The summed E-state index contributed by atoms with van der Waals surface area (Å²) in [5, 5.41) is 19.7. The third-order valence-corrected chi connectivity index (χ3v) is 7.61. The van der Waals surface area contributed by atoms with E-state index in [0.29, 0.717) is 45.6 Å². The maximum absolute atomic E-state index is 12.5. The number of hydrogen-bond acceptors (Lipinski definition) is 4. The second kappa shape index (κ2) is 13.7. The molecule has 0 saturated heterocycles. The van der Waals surface area contributed by atoms with E-state index < -0.39 is 11.4 Å². The van der Waals surface area contributed by atoms with Crippen molar-refractivity contribution in [2.24, 2.45) is 10.8 Å². The summed E-state index contributed by atoms with van der Waals surface area (Å²) in [7, 11) is 0. The molecular weight excluding hydrogens is 408 g/mol. The van der Waals surface area contributed by atoms with Gasteiger partial charge in [-0.25, -0.2) is 4.79 Å². The maximum Gasteiger partial charge on any atom is 0.331 e. The van der Waals surface area contributed by atoms with Crippen molar-refractivity contribution < 1.29 is 19.7 Å². The van der Waals surface area contributed by atoms with Gasteiger partial charge >= 0.3 is 11.7 Å². The lowest BCUT2D eigenvalue weighted by Crippen LogP contribution is -2.32. The summed E-state index contributed by atoms with van der Waals surface area (Å²) in [5.41, 5.74) is -0.738. The number of rotatable bonds is 18. The lowest BCUT2D eigenvalue weighted by atomic mass is 9.77. The van der Waals surface area contributed by atoms with Crippen LogP contribution in [0.4, 0.5) is 0 Å². The van der Waals surface area contributed by atoms with Crippen LogP contribution < -0.4 is 5.69 Å². The van der Waals surface area contributed by atoms with E-state index >= 15 is 0 Å². The molecule has 0 saturated carbocycles. The van der Waals surface area contributed by atoms with Crippen LogP contribution in [0.3, 0.4) is 0 Å². The monoisotopic (exact) mass is 454 g/mol. The normalized spacial score (nSPS) is 12.4. The smallest absolute Gasteiger partial charge is 0.331 e. The first-order chi connectivity index (χ1) is 15.2. The minimum atomic E-state index is -0.680. The second-order valence-corrected chi connectivity index (χ2v) is 9.17. The van der Waals surface area contributed by atoms with Crippen molar-refractivity contribution in [3.8, 4) is 5.88 Å². The van der Waals surface area contributed by atoms with Gasteiger partial charge in [0.2, 0.25) is 5.88 Å². The number of carboxylic acids is 1. The van der Waals surface area contributed by atoms with Crippen molar-refractivity contribution >= 4 is 5.97 Å². The number of carbonyl (C=O) groups is 1. The molecule has 0 fully saturated rings. The molecule has 186 valence electrons. The second-order valence-electron chi connectivity index (χ2n) is 9.17. The van der Waals surface area contributed by atoms with Crippen molar-refractivity contribution in [3.63, 3.8) is 0 Å². The van der Waals surface area contributed by atoms with Gasteiger partial charge in [0, 0.05) is 26.3 Å². The Labute approximate surface area is 193 Å². The Morgan fingerprint density at radius 2 is 1.50 bits per heavy atom. The van der Waals surface area contributed by atoms with Crippen LogP contribution in [0.2, 0.25) is 0 Å². The molecule has 0 radical (unpaired) electrons. The zero-order valence-electron chi connectivity index (χ0n) is 21.0. The van der Waals surface area contributed by atoms with E-state index in [4.69, 9.17) is 4.74 Å². The fourth-order valence-electron chi connectivity index (χ4n) is 4.62. The van der Waals surface area contributed by atoms with Crippen LogP contribution in [0.25, 0.3) is 0 Å². The molecule has 7 nitrogen and oxygen atoms in total. The van der Waals surface area contributed by atoms with Crippen LogP contribution in [0.15, 0.2) is 11.0 Å². The molecule has 7 heteroatoms. The summed E-state index contributed by atoms with van der Waals surface area (Å²) in [5.74, 6) is -0.634. The molecule has 0 amide bonds. The zero-order chi connectivity index (χ0) is 24.2. The molecule has 0 aliphatic rings. The maximum atomic E-state index is 12.5. The molecule has 32 heavy (non-hydrogen) atoms. The number of aromatic hydroxyl groups is 1. The average Bonchev–Trinajstić information content (AvgIpc) is 3.06. The fourth-order valence-corrected chi connectivity index (χ4v) is 4.62. The van der Waals surface area contributed by atoms with E-state index in [0.717, 1.165) is 44.9 Å². The number of aromatic nitrogens is 2. The molecule has 1 aromatic rings. The highest BCUT2D eigenvalue weighted by atomic mass is 16.5. The van der Waals surface area contributed by atoms with E-state index in [9.17, 15) is 19.8 Å². The van der Waals surface area contributed by atoms with Crippen molar-refractivity contribution in [2.75, 3.05) is 13.2 Å². The highest BCUT2D eigenvalue weighted by molar-refractivity contribution is 5.74. The minimum absolute atomic E-state index is 0.0122. The Morgan fingerprint density at radius 1 is 0.938 bits per heavy atom. The molecule has 1 aromatic heterocycles. The first-order valence-electron chi connectivity index (χ1n) is 12.5. The number of carboxylic acid groups (broad SMARTS) is 1. The van der Waals surface area contributed by atoms with Crippen LogP contribution >= 0.6 is 0 Å². The predicted molar refractivity (Wildman–Crippen MR) is 128 cm³/mol. The van der Waals surface area contributed by atoms with Gasteiger partial charge in [0.1, 0.15) is 0 Å². The summed E-state index contributed by atoms with van der Waals surface area (Å²) in [6.45, 7) is 12.6. The third kappa shape index (κ3) is 7.39. The third-order valence-electron chi connectivity index (χ3n) is 7.61. The van der Waals surface area contributed by atoms with Crippen LogP contribution in [0.5, 0.6) is 5.88 Å². The number of aliphatic carboxylic acids is 1. The van der Waals surface area contributed by atoms with Gasteiger partial charge in [0.05, 0.1) is 11.6 Å². The highest BCUT2D eigenvalue weighted by Crippen LogP contribution is 2.35. The molecule has 0 aliphatic carbocycles. The van der Waals surface area contributed by atoms with Crippen LogP contribution in [0.1, 0.15) is 98.8 Å². The number of ether oxygens (including phenoxy) is 1. The van der Waals surface area contributed by atoms with Gasteiger partial charge in [0.15, 0.2) is 0 Å². The summed E-state index contributed by atoms with van der Waals surface area (Å²) in [6, 6.07) is 0. The number of nitrogens with zero attached hydrogens (tertiary/aromatic N) is 2. The molecule has 0 unspecified atom stereocenters. The van der Waals surface area contributed by atoms with E-state index in [-0.39, 0.29) is 17.0 Å². The molecule has 0 aliphatic heterocycles. The van der Waals surface area contributed by atoms with Gasteiger partial charge in [-0.3, -0.25) is 13.9 Å². The highest BCUT2D eigenvalue weighted by Gasteiger charge is 2.33. The largest absolute Gasteiger partial charge is 0.493 e. The van der Waals surface area contributed by atoms with Crippen LogP contribution in [-0.2, 0) is 22.6 Å². The van der Waals surface area contributed by atoms with Gasteiger partial charge in [0.25, 0.3) is 0 Å². The van der Waals surface area contributed by atoms with E-state index in [2.05, 4.69) is 13.8 Å². The lowest BCUT2D eigenvalue weighted by molar-refractivity contribution is -0.150. The topological polar surface area (TPSA) is 93.7 Å². The first kappa shape index (κ1) is 28.3. The van der Waals surface area contributed by atoms with E-state index in [1.165, 1.54) is 10.8 Å². The van der Waals surface area contributed by atoms with Gasteiger partial charge in [-0.15, -0.1) is 0 Å². The Bertz CT molecular complexity index is 729. The predicted octanol–water partition coefficient (Wildman–Crippen LogP) is 5.43. The SMILES string of the molecule is CCn1cc(O)n(CC(CC)(CC)CCCCOCCCCC(CC)(CC)C(=O)O)c1=O. The first-order valence-corrected chi connectivity index (χ1v) is 12.5. The molecule has 1 heterocycles. The van der Waals surface area contributed by atoms with E-state index in [1.54, 1.807) is 4.57 Å². The lowest BCUT2D eigenvalue weighted by Gasteiger charge is -2.32. The van der Waals surface area contributed by atoms with Gasteiger partial charge in [-0.05, 0) is 63.7 Å². The standard InChI is InChI=1S/C25H46N2O5/c1-6-24(7-2,20-27-21(28)19-26(10-5)23(27)31)15-11-13-17-32-18-14-12-16-25(8-3,9-4)22(29)30/h19,28H,6-18,20H2,1-5H3,(H,29,30). The average molecular weight is 455 g/mol. The summed E-state index contributed by atoms with van der Waals surface area (Å²) in [6.07, 6.45) is 10.2. The van der Waals surface area contributed by atoms with Gasteiger partial charge in [-0.2, -0.15) is 0 Å². The molecule has 0 atom stereocenters. The molecule has 2 N–H and O–H groups in total. The van der Waals surface area contributed by atoms with Crippen LogP contribution in [0, 0.1) is 10.8 Å². The summed E-state index contributed by atoms with van der Waals surface area (Å²) >= 11 is 0. The van der Waals surface area contributed by atoms with Crippen LogP contribution in [-0.4, -0.2) is 38.5 Å². The van der Waals surface area contributed by atoms with Gasteiger partial charge in [-0.1, -0.05) is 40.5 Å². The minimum Gasteiger partial charge on any atom is -0.493 e. The Kier molecular flexibility index (Phi) is 12.1. The molecular formula is C25H46N2O5. The number of imidazole rings is 1. The number of unbranched alkanes of at least 4 members (excludes halogenated alkanes) is 2. The number of hydrogen-bond donors (Lipinski definition) is 2. The van der Waals surface area contributed by atoms with Crippen molar-refractivity contribution in [2.45, 2.75) is 112 Å². The van der Waals surface area contributed by atoms with Gasteiger partial charge < -0.3 is 14.9 Å². The molecule has 1 rings (SSSR count). The van der Waals surface area contributed by atoms with Crippen molar-refractivity contribution in [1.29, 1.82) is 0 Å². The fraction of sp³-hybridized carbons (Fsp3) is 0.840. The van der Waals surface area contributed by atoms with Crippen molar-refractivity contribution in [1.82, 2.24) is 9.13 Å². The molecule has 0 bridgehead atoms.